The molecule has 1 aromatic carbocycles. The van der Waals surface area contributed by atoms with E-state index in [1.54, 1.807) is 0 Å². The first-order chi connectivity index (χ1) is 8.36. The monoisotopic (exact) mass is 233 g/mol. The van der Waals surface area contributed by atoms with Crippen molar-refractivity contribution < 1.29 is 14.6 Å². The Balaban J connectivity index is 2.19. The molecule has 1 N–H and O–H groups in total. The predicted octanol–water partition coefficient (Wildman–Crippen LogP) is 1.46. The summed E-state index contributed by atoms with van der Waals surface area (Å²) in [6.07, 6.45) is 2.70. The second kappa shape index (κ2) is 5.61. The van der Waals surface area contributed by atoms with Crippen LogP contribution in [-0.2, 0) is 11.3 Å². The van der Waals surface area contributed by atoms with Crippen molar-refractivity contribution in [2.45, 2.75) is 6.54 Å². The normalized spacial score (nSPS) is 10.9. The summed E-state index contributed by atoms with van der Waals surface area (Å²) in [5, 5.41) is 9.56. The number of aliphatic hydroxyl groups is 1. The van der Waals surface area contributed by atoms with E-state index in [0.717, 1.165) is 17.2 Å². The maximum Gasteiger partial charge on any atom is 0.152 e. The first-order valence-corrected chi connectivity index (χ1v) is 5.58. The number of hydrogen-bond acceptors (Lipinski definition) is 3. The van der Waals surface area contributed by atoms with E-state index in [0.29, 0.717) is 25.3 Å². The highest BCUT2D eigenvalue weighted by Crippen LogP contribution is 2.19. The minimum atomic E-state index is 0.0337. The topological polar surface area (TPSA) is 51.5 Å². The maximum atomic E-state index is 10.9. The molecule has 1 aromatic heterocycles. The number of hydrogen-bond donors (Lipinski definition) is 1. The van der Waals surface area contributed by atoms with Crippen molar-refractivity contribution in [2.24, 2.45) is 0 Å². The van der Waals surface area contributed by atoms with Gasteiger partial charge in [0.15, 0.2) is 6.29 Å². The number of nitrogens with zero attached hydrogens (tertiary/aromatic N) is 1. The van der Waals surface area contributed by atoms with Crippen LogP contribution in [0.2, 0.25) is 0 Å². The molecule has 1 heterocycles. The largest absolute Gasteiger partial charge is 0.394 e. The van der Waals surface area contributed by atoms with Gasteiger partial charge >= 0.3 is 0 Å². The highest BCUT2D eigenvalue weighted by molar-refractivity contribution is 5.97. The zero-order valence-corrected chi connectivity index (χ0v) is 9.50. The highest BCUT2D eigenvalue weighted by atomic mass is 16.5. The van der Waals surface area contributed by atoms with Crippen molar-refractivity contribution in [1.29, 1.82) is 0 Å². The molecule has 0 aliphatic rings. The molecule has 0 bridgehead atoms. The summed E-state index contributed by atoms with van der Waals surface area (Å²) in [7, 11) is 0. The lowest BCUT2D eigenvalue weighted by Gasteiger charge is -2.05. The molecule has 0 aliphatic carbocycles. The zero-order valence-electron chi connectivity index (χ0n) is 9.50. The molecular formula is C13H15NO3. The Morgan fingerprint density at radius 3 is 2.88 bits per heavy atom. The molecular weight excluding hydrogens is 218 g/mol. The van der Waals surface area contributed by atoms with Gasteiger partial charge in [0.05, 0.1) is 19.8 Å². The van der Waals surface area contributed by atoms with Crippen molar-refractivity contribution in [3.8, 4) is 0 Å². The molecule has 0 saturated carbocycles. The lowest BCUT2D eigenvalue weighted by molar-refractivity contribution is 0.0875. The maximum absolute atomic E-state index is 10.9. The number of aliphatic hydroxyl groups excluding tert-OH is 1. The molecule has 0 saturated heterocycles. The number of benzene rings is 1. The number of fused-ring (bicyclic) bond motifs is 1. The minimum Gasteiger partial charge on any atom is -0.394 e. The summed E-state index contributed by atoms with van der Waals surface area (Å²) >= 11 is 0. The summed E-state index contributed by atoms with van der Waals surface area (Å²) in [5.74, 6) is 0. The second-order valence-electron chi connectivity index (χ2n) is 3.75. The van der Waals surface area contributed by atoms with Crippen LogP contribution in [0.1, 0.15) is 10.4 Å². The van der Waals surface area contributed by atoms with Gasteiger partial charge in [-0.2, -0.15) is 0 Å². The summed E-state index contributed by atoms with van der Waals surface area (Å²) < 4.78 is 7.22. The van der Waals surface area contributed by atoms with Gasteiger partial charge in [-0.15, -0.1) is 0 Å². The van der Waals surface area contributed by atoms with Gasteiger partial charge in [-0.1, -0.05) is 18.2 Å². The van der Waals surface area contributed by atoms with Gasteiger partial charge in [0, 0.05) is 29.2 Å². The molecule has 0 amide bonds. The molecule has 2 aromatic rings. The van der Waals surface area contributed by atoms with Crippen molar-refractivity contribution in [2.75, 3.05) is 19.8 Å². The van der Waals surface area contributed by atoms with Gasteiger partial charge in [-0.05, 0) is 6.07 Å². The quantitative estimate of drug-likeness (QED) is 0.607. The van der Waals surface area contributed by atoms with Crippen LogP contribution in [0.15, 0.2) is 30.5 Å². The van der Waals surface area contributed by atoms with E-state index >= 15 is 0 Å². The molecule has 0 radical (unpaired) electrons. The van der Waals surface area contributed by atoms with Crippen molar-refractivity contribution in [3.63, 3.8) is 0 Å². The smallest absolute Gasteiger partial charge is 0.152 e. The lowest BCUT2D eigenvalue weighted by Crippen LogP contribution is -2.07. The number of carbonyl (C=O) groups excluding carboxylic acids is 1. The first kappa shape index (κ1) is 11.8. The van der Waals surface area contributed by atoms with E-state index in [-0.39, 0.29) is 6.61 Å². The SMILES string of the molecule is O=Cc1cn(CCOCCO)c2ccccc12. The highest BCUT2D eigenvalue weighted by Gasteiger charge is 2.06. The Labute approximate surface area is 99.4 Å². The van der Waals surface area contributed by atoms with E-state index in [1.165, 1.54) is 0 Å². The number of aldehydes is 1. The Hall–Kier alpha value is -1.65. The molecule has 17 heavy (non-hydrogen) atoms. The second-order valence-corrected chi connectivity index (χ2v) is 3.75. The van der Waals surface area contributed by atoms with E-state index in [4.69, 9.17) is 9.84 Å². The Bertz CT molecular complexity index is 504. The van der Waals surface area contributed by atoms with E-state index in [1.807, 2.05) is 35.0 Å². The van der Waals surface area contributed by atoms with Gasteiger partial charge in [0.25, 0.3) is 0 Å². The van der Waals surface area contributed by atoms with Gasteiger partial charge in [0.2, 0.25) is 0 Å². The average Bonchev–Trinajstić information content (AvgIpc) is 2.73. The minimum absolute atomic E-state index is 0.0337. The van der Waals surface area contributed by atoms with Gasteiger partial charge in [-0.25, -0.2) is 0 Å². The number of aromatic nitrogens is 1. The van der Waals surface area contributed by atoms with Crippen LogP contribution in [0.25, 0.3) is 10.9 Å². The fourth-order valence-corrected chi connectivity index (χ4v) is 1.88. The van der Waals surface area contributed by atoms with Crippen LogP contribution in [-0.4, -0.2) is 35.8 Å². The van der Waals surface area contributed by atoms with Crippen LogP contribution in [0.5, 0.6) is 0 Å². The number of ether oxygens (including phenoxy) is 1. The van der Waals surface area contributed by atoms with Crippen LogP contribution < -0.4 is 0 Å². The number of carbonyl (C=O) groups is 1. The van der Waals surface area contributed by atoms with Crippen molar-refractivity contribution >= 4 is 17.2 Å². The molecule has 0 aliphatic heterocycles. The molecule has 2 rings (SSSR count). The van der Waals surface area contributed by atoms with E-state index in [9.17, 15) is 4.79 Å². The Kier molecular flexibility index (Phi) is 3.90. The molecule has 0 atom stereocenters. The molecule has 0 spiro atoms. The van der Waals surface area contributed by atoms with Crippen molar-refractivity contribution in [3.05, 3.63) is 36.0 Å². The van der Waals surface area contributed by atoms with E-state index < -0.39 is 0 Å². The third kappa shape index (κ3) is 2.54. The summed E-state index contributed by atoms with van der Waals surface area (Å²) in [6.45, 7) is 1.58. The standard InChI is InChI=1S/C13H15NO3/c15-6-8-17-7-5-14-9-11(10-16)12-3-1-2-4-13(12)14/h1-4,9-10,15H,5-8H2. The van der Waals surface area contributed by atoms with Crippen LogP contribution in [0.3, 0.4) is 0 Å². The van der Waals surface area contributed by atoms with Crippen LogP contribution in [0.4, 0.5) is 0 Å². The van der Waals surface area contributed by atoms with Crippen LogP contribution >= 0.6 is 0 Å². The average molecular weight is 233 g/mol. The fraction of sp³-hybridized carbons (Fsp3) is 0.308. The number of para-hydroxylation sites is 1. The van der Waals surface area contributed by atoms with Gasteiger partial charge in [-0.3, -0.25) is 4.79 Å². The Morgan fingerprint density at radius 1 is 1.29 bits per heavy atom. The molecule has 4 nitrogen and oxygen atoms in total. The fourth-order valence-electron chi connectivity index (χ4n) is 1.88. The first-order valence-electron chi connectivity index (χ1n) is 5.58. The van der Waals surface area contributed by atoms with Gasteiger partial charge < -0.3 is 14.4 Å². The predicted molar refractivity (Wildman–Crippen MR) is 65.2 cm³/mol. The Morgan fingerprint density at radius 2 is 2.12 bits per heavy atom. The van der Waals surface area contributed by atoms with Crippen LogP contribution in [0, 0.1) is 0 Å². The van der Waals surface area contributed by atoms with Crippen molar-refractivity contribution in [1.82, 2.24) is 4.57 Å². The zero-order chi connectivity index (χ0) is 12.1. The third-order valence-corrected chi connectivity index (χ3v) is 2.66. The summed E-state index contributed by atoms with van der Waals surface area (Å²) in [5.41, 5.74) is 1.73. The molecule has 0 fully saturated rings. The molecule has 90 valence electrons. The summed E-state index contributed by atoms with van der Waals surface area (Å²) in [4.78, 5) is 10.9. The molecule has 0 unspecified atom stereocenters. The van der Waals surface area contributed by atoms with E-state index in [2.05, 4.69) is 0 Å². The van der Waals surface area contributed by atoms with Gasteiger partial charge in [0.1, 0.15) is 0 Å². The lowest BCUT2D eigenvalue weighted by atomic mass is 10.2. The summed E-state index contributed by atoms with van der Waals surface area (Å²) in [6, 6.07) is 7.78. The molecule has 4 heteroatoms. The number of rotatable bonds is 6. The third-order valence-electron chi connectivity index (χ3n) is 2.66.